The quantitative estimate of drug-likeness (QED) is 0.848. The van der Waals surface area contributed by atoms with Crippen molar-refractivity contribution in [3.05, 3.63) is 58.3 Å². The molecule has 0 radical (unpaired) electrons. The maximum atomic E-state index is 13.1. The van der Waals surface area contributed by atoms with Crippen molar-refractivity contribution in [2.45, 2.75) is 44.2 Å². The molecule has 2 aliphatic rings. The smallest absolute Gasteiger partial charge is 0.228 e. The molecule has 0 unspecified atom stereocenters. The summed E-state index contributed by atoms with van der Waals surface area (Å²) in [4.78, 5) is 14.5. The van der Waals surface area contributed by atoms with Gasteiger partial charge in [0.1, 0.15) is 0 Å². The number of thiophene rings is 1. The van der Waals surface area contributed by atoms with E-state index in [1.54, 1.807) is 11.3 Å². The molecule has 126 valence electrons. The zero-order valence-corrected chi connectivity index (χ0v) is 14.6. The van der Waals surface area contributed by atoms with Crippen LogP contribution in [0.3, 0.4) is 0 Å². The summed E-state index contributed by atoms with van der Waals surface area (Å²) in [5, 5.41) is 8.99. The fourth-order valence-electron chi connectivity index (χ4n) is 4.41. The fourth-order valence-corrected chi connectivity index (χ4v) is 5.12. The van der Waals surface area contributed by atoms with Gasteiger partial charge in [-0.05, 0) is 49.1 Å². The van der Waals surface area contributed by atoms with E-state index < -0.39 is 0 Å². The van der Waals surface area contributed by atoms with Gasteiger partial charge in [-0.3, -0.25) is 4.79 Å². The summed E-state index contributed by atoms with van der Waals surface area (Å²) < 4.78 is 0. The Bertz CT molecular complexity index is 685. The molecule has 3 nitrogen and oxygen atoms in total. The third kappa shape index (κ3) is 3.01. The largest absolute Gasteiger partial charge is 0.355 e. The molecule has 4 heteroatoms. The molecule has 3 heterocycles. The van der Waals surface area contributed by atoms with Crippen molar-refractivity contribution in [1.29, 1.82) is 0 Å². The van der Waals surface area contributed by atoms with E-state index in [0.717, 1.165) is 32.2 Å². The van der Waals surface area contributed by atoms with Crippen LogP contribution < -0.4 is 10.6 Å². The lowest BCUT2D eigenvalue weighted by Gasteiger charge is -2.35. The summed E-state index contributed by atoms with van der Waals surface area (Å²) in [5.41, 5.74) is 0.986. The predicted molar refractivity (Wildman–Crippen MR) is 98.2 cm³/mol. The molecule has 1 amide bonds. The summed E-state index contributed by atoms with van der Waals surface area (Å²) in [7, 11) is 0. The molecular weight excluding hydrogens is 316 g/mol. The van der Waals surface area contributed by atoms with Gasteiger partial charge in [-0.15, -0.1) is 11.3 Å². The average molecular weight is 340 g/mol. The normalized spacial score (nSPS) is 28.2. The number of hydrogen-bond acceptors (Lipinski definition) is 3. The van der Waals surface area contributed by atoms with Gasteiger partial charge in [0.25, 0.3) is 0 Å². The zero-order chi connectivity index (χ0) is 16.4. The maximum absolute atomic E-state index is 13.1. The molecule has 24 heavy (non-hydrogen) atoms. The van der Waals surface area contributed by atoms with Crippen LogP contribution in [0.5, 0.6) is 0 Å². The highest BCUT2D eigenvalue weighted by atomic mass is 32.1. The lowest BCUT2D eigenvalue weighted by atomic mass is 9.69. The molecule has 2 bridgehead atoms. The van der Waals surface area contributed by atoms with Crippen LogP contribution in [0.25, 0.3) is 0 Å². The number of amides is 1. The van der Waals surface area contributed by atoms with Crippen molar-refractivity contribution in [1.82, 2.24) is 10.6 Å². The summed E-state index contributed by atoms with van der Waals surface area (Å²) in [6.07, 6.45) is 5.07. The minimum Gasteiger partial charge on any atom is -0.355 e. The average Bonchev–Trinajstić information content (AvgIpc) is 3.33. The molecule has 2 saturated heterocycles. The molecule has 3 atom stereocenters. The third-order valence-corrected chi connectivity index (χ3v) is 6.51. The van der Waals surface area contributed by atoms with Gasteiger partial charge in [-0.1, -0.05) is 36.4 Å². The SMILES string of the molecule is O=C(NCCc1cccs1)[C@]1(Cc2ccccc2)C[C@@H]2CC[C@H]1N2. The molecule has 1 aromatic carbocycles. The lowest BCUT2D eigenvalue weighted by molar-refractivity contribution is -0.132. The second kappa shape index (κ2) is 6.69. The number of nitrogens with one attached hydrogen (secondary N) is 2. The Morgan fingerprint density at radius 1 is 1.21 bits per heavy atom. The van der Waals surface area contributed by atoms with Gasteiger partial charge in [-0.2, -0.15) is 0 Å². The van der Waals surface area contributed by atoms with Crippen LogP contribution in [0.4, 0.5) is 0 Å². The van der Waals surface area contributed by atoms with Crippen molar-refractivity contribution < 1.29 is 4.79 Å². The first-order valence-electron chi connectivity index (χ1n) is 8.87. The van der Waals surface area contributed by atoms with Crippen molar-refractivity contribution in [2.24, 2.45) is 5.41 Å². The topological polar surface area (TPSA) is 41.1 Å². The molecule has 0 saturated carbocycles. The van der Waals surface area contributed by atoms with Crippen LogP contribution in [0.2, 0.25) is 0 Å². The Balaban J connectivity index is 1.47. The van der Waals surface area contributed by atoms with E-state index in [-0.39, 0.29) is 11.3 Å². The molecule has 1 aromatic heterocycles. The molecule has 2 fully saturated rings. The minimum absolute atomic E-state index is 0.239. The predicted octanol–water partition coefficient (Wildman–Crippen LogP) is 3.16. The summed E-state index contributed by atoms with van der Waals surface area (Å²) in [5.74, 6) is 0.239. The second-order valence-corrected chi connectivity index (χ2v) is 8.13. The summed E-state index contributed by atoms with van der Waals surface area (Å²) >= 11 is 1.76. The number of fused-ring (bicyclic) bond motifs is 2. The highest BCUT2D eigenvalue weighted by Crippen LogP contribution is 2.45. The summed E-state index contributed by atoms with van der Waals surface area (Å²) in [6, 6.07) is 15.5. The molecule has 0 spiro atoms. The Morgan fingerprint density at radius 3 is 2.75 bits per heavy atom. The van der Waals surface area contributed by atoms with E-state index in [4.69, 9.17) is 0 Å². The van der Waals surface area contributed by atoms with Crippen LogP contribution in [0.1, 0.15) is 29.7 Å². The standard InChI is InChI=1S/C20H24N2OS/c23-19(21-11-10-17-7-4-12-24-17)20(13-15-5-2-1-3-6-15)14-16-8-9-18(20)22-16/h1-7,12,16,18,22H,8-11,13-14H2,(H,21,23)/t16-,18+,20+/m0/s1. The Morgan fingerprint density at radius 2 is 2.08 bits per heavy atom. The van der Waals surface area contributed by atoms with E-state index in [9.17, 15) is 4.79 Å². The van der Waals surface area contributed by atoms with Crippen LogP contribution >= 0.6 is 11.3 Å². The Kier molecular flexibility index (Phi) is 4.42. The number of benzene rings is 1. The van der Waals surface area contributed by atoms with Gasteiger partial charge in [0.15, 0.2) is 0 Å². The molecule has 2 N–H and O–H groups in total. The van der Waals surface area contributed by atoms with Crippen LogP contribution in [0.15, 0.2) is 47.8 Å². The third-order valence-electron chi connectivity index (χ3n) is 5.57. The number of hydrogen-bond donors (Lipinski definition) is 2. The summed E-state index contributed by atoms with van der Waals surface area (Å²) in [6.45, 7) is 0.729. The molecule has 4 rings (SSSR count). The molecular formula is C20H24N2OS. The minimum atomic E-state index is -0.278. The van der Waals surface area contributed by atoms with Gasteiger partial charge in [-0.25, -0.2) is 0 Å². The van der Waals surface area contributed by atoms with Gasteiger partial charge in [0.05, 0.1) is 5.41 Å². The van der Waals surface area contributed by atoms with Crippen LogP contribution in [0, 0.1) is 5.41 Å². The van der Waals surface area contributed by atoms with E-state index in [0.29, 0.717) is 12.1 Å². The van der Waals surface area contributed by atoms with Crippen molar-refractivity contribution in [3.63, 3.8) is 0 Å². The molecule has 0 aliphatic carbocycles. The Hall–Kier alpha value is -1.65. The molecule has 2 aliphatic heterocycles. The highest BCUT2D eigenvalue weighted by molar-refractivity contribution is 7.09. The highest BCUT2D eigenvalue weighted by Gasteiger charge is 2.55. The van der Waals surface area contributed by atoms with Gasteiger partial charge < -0.3 is 10.6 Å². The zero-order valence-electron chi connectivity index (χ0n) is 13.8. The number of carbonyl (C=O) groups is 1. The lowest BCUT2D eigenvalue weighted by Crippen LogP contribution is -2.50. The first-order valence-corrected chi connectivity index (χ1v) is 9.75. The van der Waals surface area contributed by atoms with Crippen LogP contribution in [-0.2, 0) is 17.6 Å². The van der Waals surface area contributed by atoms with Crippen molar-refractivity contribution >= 4 is 17.2 Å². The number of carbonyl (C=O) groups excluding carboxylic acids is 1. The van der Waals surface area contributed by atoms with Crippen molar-refractivity contribution in [3.8, 4) is 0 Å². The van der Waals surface area contributed by atoms with E-state index >= 15 is 0 Å². The van der Waals surface area contributed by atoms with Crippen molar-refractivity contribution in [2.75, 3.05) is 6.54 Å². The van der Waals surface area contributed by atoms with Crippen LogP contribution in [-0.4, -0.2) is 24.5 Å². The fraction of sp³-hybridized carbons (Fsp3) is 0.450. The monoisotopic (exact) mass is 340 g/mol. The second-order valence-electron chi connectivity index (χ2n) is 7.10. The first-order chi connectivity index (χ1) is 11.8. The van der Waals surface area contributed by atoms with E-state index in [1.807, 2.05) is 6.07 Å². The van der Waals surface area contributed by atoms with E-state index in [2.05, 4.69) is 52.4 Å². The first kappa shape index (κ1) is 15.9. The molecule has 2 aromatic rings. The Labute approximate surface area is 147 Å². The number of rotatable bonds is 6. The van der Waals surface area contributed by atoms with Gasteiger partial charge >= 0.3 is 0 Å². The van der Waals surface area contributed by atoms with E-state index in [1.165, 1.54) is 16.9 Å². The van der Waals surface area contributed by atoms with Gasteiger partial charge in [0, 0.05) is 23.5 Å². The van der Waals surface area contributed by atoms with Gasteiger partial charge in [0.2, 0.25) is 5.91 Å². The maximum Gasteiger partial charge on any atom is 0.228 e.